The minimum atomic E-state index is -0.326. The Hall–Kier alpha value is -1.62. The lowest BCUT2D eigenvalue weighted by Crippen LogP contribution is -2.41. The van der Waals surface area contributed by atoms with Crippen LogP contribution in [0.15, 0.2) is 24.3 Å². The number of amides is 1. The molecule has 0 saturated heterocycles. The third-order valence-electron chi connectivity index (χ3n) is 2.76. The van der Waals surface area contributed by atoms with Gasteiger partial charge in [0.1, 0.15) is 11.6 Å². The molecule has 1 unspecified atom stereocenters. The van der Waals surface area contributed by atoms with E-state index in [4.69, 9.17) is 9.84 Å². The molecule has 19 heavy (non-hydrogen) atoms. The van der Waals surface area contributed by atoms with Gasteiger partial charge in [-0.15, -0.1) is 0 Å². The smallest absolute Gasteiger partial charge is 0.223 e. The van der Waals surface area contributed by atoms with Crippen molar-refractivity contribution in [1.82, 2.24) is 5.32 Å². The van der Waals surface area contributed by atoms with Crippen molar-refractivity contribution in [3.8, 4) is 5.75 Å². The molecule has 2 N–H and O–H groups in total. The fourth-order valence-electron chi connectivity index (χ4n) is 1.49. The van der Waals surface area contributed by atoms with E-state index in [2.05, 4.69) is 5.32 Å². The molecule has 0 aliphatic carbocycles. The standard InChI is InChI=1S/C14H20FNO3/c1-10(2)13(9-17)16-14(18)7-8-19-12-5-3-11(15)4-6-12/h3-6,10,13,17H,7-9H2,1-2H3,(H,16,18). The Kier molecular flexibility index (Phi) is 6.29. The van der Waals surface area contributed by atoms with Crippen LogP contribution in [0.1, 0.15) is 20.3 Å². The molecular formula is C14H20FNO3. The lowest BCUT2D eigenvalue weighted by molar-refractivity contribution is -0.122. The van der Waals surface area contributed by atoms with Crippen LogP contribution in [0, 0.1) is 11.7 Å². The molecule has 0 aromatic heterocycles. The third kappa shape index (κ3) is 5.70. The van der Waals surface area contributed by atoms with Crippen LogP contribution in [0.2, 0.25) is 0 Å². The molecule has 1 amide bonds. The second-order valence-corrected chi connectivity index (χ2v) is 4.65. The first-order valence-electron chi connectivity index (χ1n) is 6.31. The van der Waals surface area contributed by atoms with E-state index in [-0.39, 0.29) is 43.3 Å². The lowest BCUT2D eigenvalue weighted by atomic mass is 10.1. The molecule has 1 rings (SSSR count). The highest BCUT2D eigenvalue weighted by Gasteiger charge is 2.14. The summed E-state index contributed by atoms with van der Waals surface area (Å²) in [5, 5.41) is 11.8. The lowest BCUT2D eigenvalue weighted by Gasteiger charge is -2.19. The highest BCUT2D eigenvalue weighted by molar-refractivity contribution is 5.76. The summed E-state index contributed by atoms with van der Waals surface area (Å²) in [6, 6.07) is 5.39. The van der Waals surface area contributed by atoms with Crippen molar-refractivity contribution in [2.24, 2.45) is 5.92 Å². The average Bonchev–Trinajstić information content (AvgIpc) is 2.38. The number of benzene rings is 1. The number of hydrogen-bond acceptors (Lipinski definition) is 3. The van der Waals surface area contributed by atoms with Crippen molar-refractivity contribution in [2.45, 2.75) is 26.3 Å². The summed E-state index contributed by atoms with van der Waals surface area (Å²) in [5.41, 5.74) is 0. The number of hydrogen-bond donors (Lipinski definition) is 2. The molecule has 0 radical (unpaired) electrons. The number of aliphatic hydroxyl groups is 1. The maximum absolute atomic E-state index is 12.7. The Balaban J connectivity index is 2.29. The molecule has 0 aliphatic rings. The molecular weight excluding hydrogens is 249 g/mol. The van der Waals surface area contributed by atoms with Gasteiger partial charge in [0, 0.05) is 0 Å². The summed E-state index contributed by atoms with van der Waals surface area (Å²) in [6.07, 6.45) is 0.195. The van der Waals surface area contributed by atoms with E-state index in [9.17, 15) is 9.18 Å². The number of carbonyl (C=O) groups is 1. The fraction of sp³-hybridized carbons (Fsp3) is 0.500. The quantitative estimate of drug-likeness (QED) is 0.792. The van der Waals surface area contributed by atoms with Gasteiger partial charge in [-0.1, -0.05) is 13.8 Å². The molecule has 0 aliphatic heterocycles. The van der Waals surface area contributed by atoms with Crippen molar-refractivity contribution in [1.29, 1.82) is 0 Å². The first kappa shape index (κ1) is 15.4. The van der Waals surface area contributed by atoms with Crippen LogP contribution >= 0.6 is 0 Å². The molecule has 1 aromatic rings. The number of ether oxygens (including phenoxy) is 1. The number of carbonyl (C=O) groups excluding carboxylic acids is 1. The van der Waals surface area contributed by atoms with Crippen molar-refractivity contribution in [3.05, 3.63) is 30.1 Å². The van der Waals surface area contributed by atoms with Gasteiger partial charge in [-0.05, 0) is 30.2 Å². The molecule has 4 nitrogen and oxygen atoms in total. The second kappa shape index (κ2) is 7.74. The second-order valence-electron chi connectivity index (χ2n) is 4.65. The monoisotopic (exact) mass is 269 g/mol. The summed E-state index contributed by atoms with van der Waals surface area (Å²) < 4.78 is 18.0. The van der Waals surface area contributed by atoms with Gasteiger partial charge in [-0.25, -0.2) is 4.39 Å². The molecule has 1 atom stereocenters. The van der Waals surface area contributed by atoms with Gasteiger partial charge in [0.15, 0.2) is 0 Å². The first-order chi connectivity index (χ1) is 9.02. The van der Waals surface area contributed by atoms with Gasteiger partial charge in [-0.2, -0.15) is 0 Å². The van der Waals surface area contributed by atoms with E-state index < -0.39 is 0 Å². The molecule has 0 heterocycles. The van der Waals surface area contributed by atoms with Crippen molar-refractivity contribution in [3.63, 3.8) is 0 Å². The third-order valence-corrected chi connectivity index (χ3v) is 2.76. The minimum Gasteiger partial charge on any atom is -0.493 e. The highest BCUT2D eigenvalue weighted by atomic mass is 19.1. The van der Waals surface area contributed by atoms with Crippen molar-refractivity contribution in [2.75, 3.05) is 13.2 Å². The zero-order chi connectivity index (χ0) is 14.3. The van der Waals surface area contributed by atoms with Crippen LogP contribution in [-0.2, 0) is 4.79 Å². The molecule has 106 valence electrons. The van der Waals surface area contributed by atoms with Crippen LogP contribution < -0.4 is 10.1 Å². The Labute approximate surface area is 112 Å². The maximum Gasteiger partial charge on any atom is 0.223 e. The Bertz CT molecular complexity index is 392. The largest absolute Gasteiger partial charge is 0.493 e. The topological polar surface area (TPSA) is 58.6 Å². The molecule has 0 saturated carbocycles. The Morgan fingerprint density at radius 1 is 1.37 bits per heavy atom. The number of aliphatic hydroxyl groups excluding tert-OH is 1. The van der Waals surface area contributed by atoms with Crippen LogP contribution in [-0.4, -0.2) is 30.3 Å². The molecule has 0 fully saturated rings. The van der Waals surface area contributed by atoms with Gasteiger partial charge in [0.25, 0.3) is 0 Å². The molecule has 0 spiro atoms. The van der Waals surface area contributed by atoms with E-state index in [0.717, 1.165) is 0 Å². The summed E-state index contributed by atoms with van der Waals surface area (Å²) >= 11 is 0. The molecule has 0 bridgehead atoms. The predicted molar refractivity (Wildman–Crippen MR) is 70.4 cm³/mol. The van der Waals surface area contributed by atoms with Crippen LogP contribution in [0.25, 0.3) is 0 Å². The summed E-state index contributed by atoms with van der Waals surface area (Å²) in [5.74, 6) is 0.200. The van der Waals surface area contributed by atoms with Crippen LogP contribution in [0.4, 0.5) is 4.39 Å². The van der Waals surface area contributed by atoms with E-state index in [1.807, 2.05) is 13.8 Å². The molecule has 5 heteroatoms. The van der Waals surface area contributed by atoms with E-state index in [0.29, 0.717) is 5.75 Å². The van der Waals surface area contributed by atoms with Gasteiger partial charge in [0.2, 0.25) is 5.91 Å². The first-order valence-corrected chi connectivity index (χ1v) is 6.31. The Morgan fingerprint density at radius 3 is 2.53 bits per heavy atom. The number of halogens is 1. The highest BCUT2D eigenvalue weighted by Crippen LogP contribution is 2.11. The van der Waals surface area contributed by atoms with Gasteiger partial charge >= 0.3 is 0 Å². The summed E-state index contributed by atoms with van der Waals surface area (Å²) in [6.45, 7) is 3.99. The predicted octanol–water partition coefficient (Wildman–Crippen LogP) is 1.73. The van der Waals surface area contributed by atoms with Crippen LogP contribution in [0.3, 0.4) is 0 Å². The normalized spacial score (nSPS) is 12.3. The van der Waals surface area contributed by atoms with E-state index >= 15 is 0 Å². The average molecular weight is 269 g/mol. The van der Waals surface area contributed by atoms with E-state index in [1.165, 1.54) is 24.3 Å². The van der Waals surface area contributed by atoms with Crippen LogP contribution in [0.5, 0.6) is 5.75 Å². The fourth-order valence-corrected chi connectivity index (χ4v) is 1.49. The SMILES string of the molecule is CC(C)C(CO)NC(=O)CCOc1ccc(F)cc1. The van der Waals surface area contributed by atoms with Gasteiger partial charge < -0.3 is 15.2 Å². The summed E-state index contributed by atoms with van der Waals surface area (Å²) in [7, 11) is 0. The zero-order valence-corrected chi connectivity index (χ0v) is 11.2. The van der Waals surface area contributed by atoms with Gasteiger partial charge in [-0.3, -0.25) is 4.79 Å². The van der Waals surface area contributed by atoms with Gasteiger partial charge in [0.05, 0.1) is 25.7 Å². The maximum atomic E-state index is 12.7. The minimum absolute atomic E-state index is 0.0811. The van der Waals surface area contributed by atoms with Crippen molar-refractivity contribution < 1.29 is 19.0 Å². The van der Waals surface area contributed by atoms with Crippen molar-refractivity contribution >= 4 is 5.91 Å². The van der Waals surface area contributed by atoms with E-state index in [1.54, 1.807) is 0 Å². The zero-order valence-electron chi connectivity index (χ0n) is 11.2. The Morgan fingerprint density at radius 2 is 2.00 bits per heavy atom. The number of rotatable bonds is 7. The number of nitrogens with one attached hydrogen (secondary N) is 1. The molecule has 1 aromatic carbocycles. The summed E-state index contributed by atoms with van der Waals surface area (Å²) in [4.78, 5) is 11.6.